The lowest BCUT2D eigenvalue weighted by Gasteiger charge is -2.41. The molecule has 4 aliphatic heterocycles. The highest BCUT2D eigenvalue weighted by atomic mass is 35.5. The first-order valence-corrected chi connectivity index (χ1v) is 16.7. The molecule has 0 radical (unpaired) electrons. The van der Waals surface area contributed by atoms with Crippen molar-refractivity contribution in [1.29, 1.82) is 0 Å². The van der Waals surface area contributed by atoms with Crippen LogP contribution >= 0.6 is 23.2 Å². The number of nitrogens with zero attached hydrogens (tertiary/aromatic N) is 3. The van der Waals surface area contributed by atoms with E-state index in [9.17, 15) is 9.59 Å². The molecule has 0 unspecified atom stereocenters. The van der Waals surface area contributed by atoms with Crippen molar-refractivity contribution in [3.63, 3.8) is 0 Å². The Labute approximate surface area is 283 Å². The average Bonchev–Trinajstić information content (AvgIpc) is 3.80. The summed E-state index contributed by atoms with van der Waals surface area (Å²) in [5, 5.41) is 3.59. The number of hydrogen-bond donors (Lipinski definition) is 1. The van der Waals surface area contributed by atoms with Gasteiger partial charge in [-0.05, 0) is 67.3 Å². The summed E-state index contributed by atoms with van der Waals surface area (Å²) >= 11 is 12.9. The van der Waals surface area contributed by atoms with E-state index in [4.69, 9.17) is 32.7 Å². The van der Waals surface area contributed by atoms with E-state index in [-0.39, 0.29) is 42.1 Å². The SMILES string of the molecule is CCOC(=O)C1=C(CN2CC[C@H]3[C@@H]2[C@H](c2cccc(Cl)c2F)[C@]2(C(=O)Nc4cc(Cl)ccc42)N3Cc2cccc(OCC)c2)C=NC1. The van der Waals surface area contributed by atoms with Gasteiger partial charge in [0.2, 0.25) is 5.91 Å². The zero-order valence-electron chi connectivity index (χ0n) is 26.1. The van der Waals surface area contributed by atoms with Gasteiger partial charge in [-0.3, -0.25) is 19.6 Å². The molecule has 4 heterocycles. The Morgan fingerprint density at radius 1 is 1.09 bits per heavy atom. The third kappa shape index (κ3) is 5.24. The van der Waals surface area contributed by atoms with Gasteiger partial charge in [0.25, 0.3) is 0 Å². The molecule has 2 fully saturated rings. The fourth-order valence-electron chi connectivity index (χ4n) is 8.10. The number of amides is 1. The topological polar surface area (TPSA) is 83.5 Å². The van der Waals surface area contributed by atoms with Gasteiger partial charge in [0.1, 0.15) is 17.1 Å². The number of fused-ring (bicyclic) bond motifs is 3. The molecule has 47 heavy (non-hydrogen) atoms. The number of aliphatic imine (C=N–C) groups is 1. The summed E-state index contributed by atoms with van der Waals surface area (Å²) in [5.41, 5.74) is 2.66. The van der Waals surface area contributed by atoms with E-state index in [0.29, 0.717) is 54.5 Å². The number of carbonyl (C=O) groups excluding carboxylic acids is 2. The minimum absolute atomic E-state index is 0.00780. The van der Waals surface area contributed by atoms with Crippen molar-refractivity contribution in [3.8, 4) is 5.75 Å². The van der Waals surface area contributed by atoms with Crippen LogP contribution in [-0.2, 0) is 26.4 Å². The first-order chi connectivity index (χ1) is 22.8. The van der Waals surface area contributed by atoms with Crippen LogP contribution in [0.15, 0.2) is 76.8 Å². The van der Waals surface area contributed by atoms with E-state index in [2.05, 4.69) is 20.1 Å². The van der Waals surface area contributed by atoms with Crippen molar-refractivity contribution in [2.75, 3.05) is 38.2 Å². The third-order valence-electron chi connectivity index (χ3n) is 9.82. The van der Waals surface area contributed by atoms with Gasteiger partial charge in [0.15, 0.2) is 0 Å². The van der Waals surface area contributed by atoms with Crippen molar-refractivity contribution in [1.82, 2.24) is 9.80 Å². The molecule has 7 rings (SSSR count). The van der Waals surface area contributed by atoms with E-state index in [0.717, 1.165) is 22.4 Å². The Hall–Kier alpha value is -3.76. The number of nitrogens with one attached hydrogen (secondary N) is 1. The maximum Gasteiger partial charge on any atom is 0.336 e. The van der Waals surface area contributed by atoms with Crippen LogP contribution in [0.1, 0.15) is 42.9 Å². The molecule has 4 atom stereocenters. The number of hydrogen-bond acceptors (Lipinski definition) is 7. The standard InChI is InChI=1S/C36H35Cl2FN4O4/c1-3-46-24-8-5-7-21(15-24)19-43-30-13-14-42(20-22-17-40-18-26(22)34(44)47-4-2)33(30)31(25-9-6-10-28(38)32(25)39)36(43)27-12-11-23(37)16-29(27)41-35(36)45/h5-12,15-17,30-31,33H,3-4,13-14,18-20H2,1-2H3,(H,41,45)/t30-,31-,33+,36+/m0/s1. The summed E-state index contributed by atoms with van der Waals surface area (Å²) in [6.07, 6.45) is 2.45. The second kappa shape index (κ2) is 12.7. The summed E-state index contributed by atoms with van der Waals surface area (Å²) in [4.78, 5) is 36.5. The van der Waals surface area contributed by atoms with Gasteiger partial charge in [-0.15, -0.1) is 0 Å². The van der Waals surface area contributed by atoms with Crippen LogP contribution in [0, 0.1) is 5.82 Å². The maximum atomic E-state index is 16.4. The lowest BCUT2D eigenvalue weighted by atomic mass is 9.73. The highest BCUT2D eigenvalue weighted by molar-refractivity contribution is 6.31. The summed E-state index contributed by atoms with van der Waals surface area (Å²) in [6.45, 7) is 6.23. The van der Waals surface area contributed by atoms with Crippen LogP contribution in [-0.4, -0.2) is 72.8 Å². The number of benzene rings is 3. The molecule has 2 saturated heterocycles. The normalized spacial score (nSPS) is 25.0. The number of anilines is 1. The monoisotopic (exact) mass is 676 g/mol. The number of carbonyl (C=O) groups is 2. The molecule has 0 aromatic heterocycles. The lowest BCUT2D eigenvalue weighted by Crippen LogP contribution is -2.52. The quantitative estimate of drug-likeness (QED) is 0.266. The van der Waals surface area contributed by atoms with Crippen molar-refractivity contribution in [3.05, 3.63) is 104 Å². The van der Waals surface area contributed by atoms with Crippen LogP contribution in [0.3, 0.4) is 0 Å². The highest BCUT2D eigenvalue weighted by Gasteiger charge is 2.69. The zero-order chi connectivity index (χ0) is 32.9. The van der Waals surface area contributed by atoms with E-state index in [1.807, 2.05) is 37.3 Å². The van der Waals surface area contributed by atoms with Gasteiger partial charge in [-0.2, -0.15) is 0 Å². The van der Waals surface area contributed by atoms with Crippen LogP contribution in [0.2, 0.25) is 10.0 Å². The molecule has 3 aromatic carbocycles. The molecule has 4 aliphatic rings. The Kier molecular flexibility index (Phi) is 8.59. The predicted octanol–water partition coefficient (Wildman–Crippen LogP) is 6.37. The molecule has 0 aliphatic carbocycles. The molecular weight excluding hydrogens is 642 g/mol. The Balaban J connectivity index is 1.42. The summed E-state index contributed by atoms with van der Waals surface area (Å²) in [5.74, 6) is -1.11. The Morgan fingerprint density at radius 2 is 1.91 bits per heavy atom. The number of rotatable bonds is 9. The minimum Gasteiger partial charge on any atom is -0.494 e. The molecule has 1 N–H and O–H groups in total. The first kappa shape index (κ1) is 31.8. The number of ether oxygens (including phenoxy) is 2. The number of esters is 1. The van der Waals surface area contributed by atoms with Gasteiger partial charge >= 0.3 is 5.97 Å². The van der Waals surface area contributed by atoms with E-state index in [1.54, 1.807) is 37.4 Å². The second-order valence-corrected chi connectivity index (χ2v) is 13.1. The van der Waals surface area contributed by atoms with Crippen LogP contribution in [0.4, 0.5) is 10.1 Å². The summed E-state index contributed by atoms with van der Waals surface area (Å²) in [6, 6.07) is 17.8. The van der Waals surface area contributed by atoms with Gasteiger partial charge in [-0.25, -0.2) is 9.18 Å². The first-order valence-electron chi connectivity index (χ1n) is 15.9. The van der Waals surface area contributed by atoms with E-state index < -0.39 is 17.3 Å². The molecule has 0 saturated carbocycles. The minimum atomic E-state index is -1.30. The van der Waals surface area contributed by atoms with E-state index in [1.165, 1.54) is 6.07 Å². The molecule has 1 amide bonds. The second-order valence-electron chi connectivity index (χ2n) is 12.3. The summed E-state index contributed by atoms with van der Waals surface area (Å²) < 4.78 is 27.5. The van der Waals surface area contributed by atoms with Gasteiger partial charge in [0.05, 0.1) is 30.4 Å². The largest absolute Gasteiger partial charge is 0.494 e. The molecular formula is C36H35Cl2FN4O4. The molecule has 244 valence electrons. The Morgan fingerprint density at radius 3 is 2.72 bits per heavy atom. The third-order valence-corrected chi connectivity index (χ3v) is 10.3. The van der Waals surface area contributed by atoms with Gasteiger partial charge < -0.3 is 14.8 Å². The molecule has 3 aromatic rings. The lowest BCUT2D eigenvalue weighted by molar-refractivity contribution is -0.138. The van der Waals surface area contributed by atoms with Crippen LogP contribution in [0.5, 0.6) is 5.75 Å². The number of likely N-dealkylation sites (tertiary alicyclic amines) is 2. The highest BCUT2D eigenvalue weighted by Crippen LogP contribution is 2.61. The fourth-order valence-corrected chi connectivity index (χ4v) is 8.45. The Bertz CT molecular complexity index is 1820. The van der Waals surface area contributed by atoms with Crippen LogP contribution < -0.4 is 10.1 Å². The fraction of sp³-hybridized carbons (Fsp3) is 0.361. The molecule has 8 nitrogen and oxygen atoms in total. The molecule has 11 heteroatoms. The zero-order valence-corrected chi connectivity index (χ0v) is 27.7. The van der Waals surface area contributed by atoms with Gasteiger partial charge in [-0.1, -0.05) is 53.5 Å². The maximum absolute atomic E-state index is 16.4. The number of halogens is 3. The van der Waals surface area contributed by atoms with Crippen LogP contribution in [0.25, 0.3) is 0 Å². The predicted molar refractivity (Wildman–Crippen MR) is 180 cm³/mol. The smallest absolute Gasteiger partial charge is 0.336 e. The molecule has 1 spiro atoms. The average molecular weight is 678 g/mol. The summed E-state index contributed by atoms with van der Waals surface area (Å²) in [7, 11) is 0. The van der Waals surface area contributed by atoms with Gasteiger partial charge in [0, 0.05) is 60.1 Å². The molecule has 0 bridgehead atoms. The van der Waals surface area contributed by atoms with E-state index >= 15 is 4.39 Å². The van der Waals surface area contributed by atoms with Crippen molar-refractivity contribution < 1.29 is 23.5 Å². The van der Waals surface area contributed by atoms with Crippen molar-refractivity contribution in [2.45, 2.75) is 50.4 Å². The van der Waals surface area contributed by atoms with Crippen molar-refractivity contribution in [2.24, 2.45) is 4.99 Å². The van der Waals surface area contributed by atoms with Crippen molar-refractivity contribution >= 4 is 47.0 Å².